The number of rotatable bonds is 5. The molecule has 0 fully saturated rings. The van der Waals surface area contributed by atoms with Gasteiger partial charge in [0.25, 0.3) is 10.0 Å². The van der Waals surface area contributed by atoms with E-state index in [-0.39, 0.29) is 26.9 Å². The standard InChI is InChI=1S/C15H13ClFNO5S/c1-22-13-6-3-9(17)7-14(13)24(20,21)18-10-4-5-12(16)11(8-10)15(19)23-2/h3-8,18H,1-2H3. The van der Waals surface area contributed by atoms with E-state index >= 15 is 0 Å². The molecule has 0 aromatic heterocycles. The number of benzene rings is 2. The molecule has 0 saturated heterocycles. The van der Waals surface area contributed by atoms with Crippen LogP contribution in [0.1, 0.15) is 10.4 Å². The van der Waals surface area contributed by atoms with E-state index in [9.17, 15) is 17.6 Å². The van der Waals surface area contributed by atoms with Crippen molar-refractivity contribution in [2.24, 2.45) is 0 Å². The Morgan fingerprint density at radius 2 is 1.88 bits per heavy atom. The van der Waals surface area contributed by atoms with Crippen LogP contribution in [-0.4, -0.2) is 28.6 Å². The fraction of sp³-hybridized carbons (Fsp3) is 0.133. The molecule has 0 atom stereocenters. The summed E-state index contributed by atoms with van der Waals surface area (Å²) >= 11 is 5.88. The number of halogens is 2. The van der Waals surface area contributed by atoms with Crippen LogP contribution in [0.15, 0.2) is 41.3 Å². The Morgan fingerprint density at radius 1 is 1.17 bits per heavy atom. The fourth-order valence-electron chi connectivity index (χ4n) is 1.93. The topological polar surface area (TPSA) is 81.7 Å². The molecule has 0 unspecified atom stereocenters. The molecule has 0 spiro atoms. The first-order valence-electron chi connectivity index (χ1n) is 6.52. The van der Waals surface area contributed by atoms with Crippen molar-refractivity contribution in [3.63, 3.8) is 0 Å². The molecule has 2 rings (SSSR count). The number of carbonyl (C=O) groups is 1. The number of nitrogens with one attached hydrogen (secondary N) is 1. The SMILES string of the molecule is COC(=O)c1cc(NS(=O)(=O)c2cc(F)ccc2OC)ccc1Cl. The minimum absolute atomic E-state index is 0.00873. The Labute approximate surface area is 143 Å². The maximum Gasteiger partial charge on any atom is 0.339 e. The van der Waals surface area contributed by atoms with E-state index in [1.807, 2.05) is 0 Å². The Kier molecular flexibility index (Phi) is 5.30. The highest BCUT2D eigenvalue weighted by molar-refractivity contribution is 7.92. The van der Waals surface area contributed by atoms with Gasteiger partial charge in [-0.2, -0.15) is 0 Å². The number of ether oxygens (including phenoxy) is 2. The van der Waals surface area contributed by atoms with E-state index < -0.39 is 21.8 Å². The highest BCUT2D eigenvalue weighted by Crippen LogP contribution is 2.28. The lowest BCUT2D eigenvalue weighted by Gasteiger charge is -2.12. The molecule has 6 nitrogen and oxygen atoms in total. The maximum atomic E-state index is 13.4. The molecule has 2 aromatic rings. The molecule has 0 saturated carbocycles. The Morgan fingerprint density at radius 3 is 2.50 bits per heavy atom. The molecule has 128 valence electrons. The molecule has 0 bridgehead atoms. The maximum absolute atomic E-state index is 13.4. The molecular weight excluding hydrogens is 361 g/mol. The molecular formula is C15H13ClFNO5S. The van der Waals surface area contributed by atoms with Crippen molar-refractivity contribution < 1.29 is 27.1 Å². The van der Waals surface area contributed by atoms with Crippen LogP contribution in [0.5, 0.6) is 5.75 Å². The zero-order valence-corrected chi connectivity index (χ0v) is 14.2. The van der Waals surface area contributed by atoms with Crippen LogP contribution in [0.2, 0.25) is 5.02 Å². The zero-order valence-electron chi connectivity index (χ0n) is 12.7. The number of carbonyl (C=O) groups excluding carboxylic acids is 1. The lowest BCUT2D eigenvalue weighted by molar-refractivity contribution is 0.0601. The lowest BCUT2D eigenvalue weighted by Crippen LogP contribution is -2.15. The summed E-state index contributed by atoms with van der Waals surface area (Å²) in [5, 5.41) is 0.105. The molecule has 24 heavy (non-hydrogen) atoms. The van der Waals surface area contributed by atoms with Gasteiger partial charge in [0.1, 0.15) is 16.5 Å². The average Bonchev–Trinajstić information content (AvgIpc) is 2.55. The highest BCUT2D eigenvalue weighted by atomic mass is 35.5. The quantitative estimate of drug-likeness (QED) is 0.814. The molecule has 0 aliphatic carbocycles. The monoisotopic (exact) mass is 373 g/mol. The van der Waals surface area contributed by atoms with E-state index in [0.717, 1.165) is 12.1 Å². The van der Waals surface area contributed by atoms with Crippen LogP contribution >= 0.6 is 11.6 Å². The summed E-state index contributed by atoms with van der Waals surface area (Å²) in [7, 11) is -1.71. The summed E-state index contributed by atoms with van der Waals surface area (Å²) in [5.74, 6) is -1.47. The van der Waals surface area contributed by atoms with Crippen molar-refractivity contribution in [2.75, 3.05) is 18.9 Å². The number of hydrogen-bond acceptors (Lipinski definition) is 5. The van der Waals surface area contributed by atoms with E-state index in [0.29, 0.717) is 0 Å². The smallest absolute Gasteiger partial charge is 0.339 e. The molecule has 9 heteroatoms. The summed E-state index contributed by atoms with van der Waals surface area (Å²) in [6.07, 6.45) is 0. The van der Waals surface area contributed by atoms with Gasteiger partial charge in [-0.15, -0.1) is 0 Å². The largest absolute Gasteiger partial charge is 0.495 e. The van der Waals surface area contributed by atoms with Crippen LogP contribution in [0, 0.1) is 5.82 Å². The average molecular weight is 374 g/mol. The first kappa shape index (κ1) is 18.0. The summed E-state index contributed by atoms with van der Waals surface area (Å²) < 4.78 is 50.1. The van der Waals surface area contributed by atoms with Gasteiger partial charge in [-0.25, -0.2) is 17.6 Å². The Bertz CT molecular complexity index is 885. The third kappa shape index (κ3) is 3.77. The van der Waals surface area contributed by atoms with Gasteiger partial charge in [-0.05, 0) is 36.4 Å². The number of esters is 1. The fourth-order valence-corrected chi connectivity index (χ4v) is 3.35. The van der Waals surface area contributed by atoms with Crippen molar-refractivity contribution in [3.05, 3.63) is 52.8 Å². The minimum atomic E-state index is -4.15. The zero-order chi connectivity index (χ0) is 17.9. The van der Waals surface area contributed by atoms with Gasteiger partial charge in [-0.3, -0.25) is 4.72 Å². The van der Waals surface area contributed by atoms with Gasteiger partial charge in [0.2, 0.25) is 0 Å². The second-order valence-corrected chi connectivity index (χ2v) is 6.64. The van der Waals surface area contributed by atoms with Crippen molar-refractivity contribution in [1.29, 1.82) is 0 Å². The van der Waals surface area contributed by atoms with E-state index in [4.69, 9.17) is 16.3 Å². The van der Waals surface area contributed by atoms with E-state index in [1.165, 1.54) is 38.5 Å². The van der Waals surface area contributed by atoms with Gasteiger partial charge in [-0.1, -0.05) is 11.6 Å². The first-order valence-corrected chi connectivity index (χ1v) is 8.39. The van der Waals surface area contributed by atoms with Gasteiger partial charge >= 0.3 is 5.97 Å². The molecule has 0 heterocycles. The normalized spacial score (nSPS) is 11.0. The number of anilines is 1. The van der Waals surface area contributed by atoms with Crippen LogP contribution < -0.4 is 9.46 Å². The third-order valence-corrected chi connectivity index (χ3v) is 4.77. The third-order valence-electron chi connectivity index (χ3n) is 3.04. The van der Waals surface area contributed by atoms with Crippen LogP contribution in [0.4, 0.5) is 10.1 Å². The number of hydrogen-bond donors (Lipinski definition) is 1. The van der Waals surface area contributed by atoms with Crippen LogP contribution in [0.3, 0.4) is 0 Å². The van der Waals surface area contributed by atoms with Crippen molar-refractivity contribution in [3.8, 4) is 5.75 Å². The Balaban J connectivity index is 2.44. The molecule has 0 amide bonds. The van der Waals surface area contributed by atoms with E-state index in [2.05, 4.69) is 9.46 Å². The summed E-state index contributed by atoms with van der Waals surface area (Å²) in [6, 6.07) is 7.03. The van der Waals surface area contributed by atoms with Gasteiger partial charge in [0, 0.05) is 5.69 Å². The van der Waals surface area contributed by atoms with Gasteiger partial charge < -0.3 is 9.47 Å². The van der Waals surface area contributed by atoms with Crippen LogP contribution in [-0.2, 0) is 14.8 Å². The van der Waals surface area contributed by atoms with Gasteiger partial charge in [0.15, 0.2) is 0 Å². The lowest BCUT2D eigenvalue weighted by atomic mass is 10.2. The van der Waals surface area contributed by atoms with Crippen molar-refractivity contribution >= 4 is 33.3 Å². The number of methoxy groups -OCH3 is 2. The first-order chi connectivity index (χ1) is 11.3. The summed E-state index contributed by atoms with van der Waals surface area (Å²) in [6.45, 7) is 0. The molecule has 0 aliphatic heterocycles. The van der Waals surface area contributed by atoms with E-state index in [1.54, 1.807) is 0 Å². The molecule has 1 N–H and O–H groups in total. The second kappa shape index (κ2) is 7.06. The predicted octanol–water partition coefficient (Wildman–Crippen LogP) is 3.08. The summed E-state index contributed by atoms with van der Waals surface area (Å²) in [4.78, 5) is 11.2. The minimum Gasteiger partial charge on any atom is -0.495 e. The predicted molar refractivity (Wildman–Crippen MR) is 86.6 cm³/mol. The van der Waals surface area contributed by atoms with Gasteiger partial charge in [0.05, 0.1) is 24.8 Å². The van der Waals surface area contributed by atoms with Crippen molar-refractivity contribution in [1.82, 2.24) is 0 Å². The van der Waals surface area contributed by atoms with Crippen LogP contribution in [0.25, 0.3) is 0 Å². The van der Waals surface area contributed by atoms with Crippen molar-refractivity contribution in [2.45, 2.75) is 4.90 Å². The molecule has 0 radical (unpaired) electrons. The number of sulfonamides is 1. The Hall–Kier alpha value is -2.32. The second-order valence-electron chi connectivity index (χ2n) is 4.59. The molecule has 2 aromatic carbocycles. The summed E-state index contributed by atoms with van der Waals surface area (Å²) in [5.41, 5.74) is 0.0525. The molecule has 0 aliphatic rings. The highest BCUT2D eigenvalue weighted by Gasteiger charge is 2.21.